The van der Waals surface area contributed by atoms with Crippen molar-refractivity contribution in [3.05, 3.63) is 28.8 Å². The number of nitrogens with two attached hydrogens (primary N) is 1. The third kappa shape index (κ3) is 3.33. The van der Waals surface area contributed by atoms with E-state index in [1.165, 1.54) is 6.92 Å². The second-order valence-corrected chi connectivity index (χ2v) is 3.56. The number of hydrogen-bond acceptors (Lipinski definition) is 2. The van der Waals surface area contributed by atoms with Crippen LogP contribution >= 0.6 is 0 Å². The van der Waals surface area contributed by atoms with Crippen molar-refractivity contribution in [2.45, 2.75) is 26.1 Å². The van der Waals surface area contributed by atoms with Gasteiger partial charge in [-0.05, 0) is 18.6 Å². The first-order valence-electron chi connectivity index (χ1n) is 5.16. The van der Waals surface area contributed by atoms with Crippen LogP contribution in [0.2, 0.25) is 0 Å². The van der Waals surface area contributed by atoms with Crippen molar-refractivity contribution in [1.29, 1.82) is 0 Å². The molecule has 2 N–H and O–H groups in total. The van der Waals surface area contributed by atoms with Crippen molar-refractivity contribution in [2.75, 3.05) is 0 Å². The van der Waals surface area contributed by atoms with Crippen LogP contribution in [0.15, 0.2) is 12.1 Å². The molecule has 0 saturated heterocycles. The van der Waals surface area contributed by atoms with Gasteiger partial charge in [-0.2, -0.15) is 22.0 Å². The molecular weight excluding hydrogens is 273 g/mol. The topological polar surface area (TPSA) is 52.3 Å². The molecule has 0 fully saturated rings. The summed E-state index contributed by atoms with van der Waals surface area (Å²) in [5.74, 6) is -1.96. The molecule has 1 aromatic rings. The number of carbonyl (C=O) groups excluding carboxylic acids is 1. The second kappa shape index (κ2) is 5.41. The van der Waals surface area contributed by atoms with E-state index in [2.05, 4.69) is 4.74 Å². The van der Waals surface area contributed by atoms with E-state index in [0.717, 1.165) is 6.07 Å². The SMILES string of the molecule is CCc1c(C(F)(F)F)ccc(C(N)=O)c1OC(F)F. The molecule has 3 nitrogen and oxygen atoms in total. The van der Waals surface area contributed by atoms with E-state index in [0.29, 0.717) is 6.07 Å². The summed E-state index contributed by atoms with van der Waals surface area (Å²) in [6, 6.07) is 1.35. The Kier molecular flexibility index (Phi) is 4.33. The number of benzene rings is 1. The zero-order chi connectivity index (χ0) is 14.8. The Labute approximate surface area is 105 Å². The molecule has 0 atom stereocenters. The van der Waals surface area contributed by atoms with Gasteiger partial charge in [0.05, 0.1) is 11.1 Å². The Balaban J connectivity index is 3.54. The van der Waals surface area contributed by atoms with Crippen molar-refractivity contribution >= 4 is 5.91 Å². The molecule has 1 amide bonds. The van der Waals surface area contributed by atoms with Crippen LogP contribution in [-0.2, 0) is 12.6 Å². The lowest BCUT2D eigenvalue weighted by atomic mass is 9.99. The highest BCUT2D eigenvalue weighted by Crippen LogP contribution is 2.38. The number of amides is 1. The second-order valence-electron chi connectivity index (χ2n) is 3.56. The number of ether oxygens (including phenoxy) is 1. The van der Waals surface area contributed by atoms with Gasteiger partial charge in [0.1, 0.15) is 5.75 Å². The molecule has 0 unspecified atom stereocenters. The first-order chi connectivity index (χ1) is 8.68. The minimum absolute atomic E-state index is 0.238. The Morgan fingerprint density at radius 2 is 1.95 bits per heavy atom. The van der Waals surface area contributed by atoms with Gasteiger partial charge in [0.15, 0.2) is 0 Å². The maximum absolute atomic E-state index is 12.7. The molecule has 0 aliphatic rings. The summed E-state index contributed by atoms with van der Waals surface area (Å²) >= 11 is 0. The molecule has 8 heteroatoms. The molecule has 0 spiro atoms. The number of halogens is 5. The summed E-state index contributed by atoms with van der Waals surface area (Å²) in [7, 11) is 0. The third-order valence-electron chi connectivity index (χ3n) is 2.39. The molecule has 0 bridgehead atoms. The Morgan fingerprint density at radius 3 is 2.32 bits per heavy atom. The van der Waals surface area contributed by atoms with E-state index in [4.69, 9.17) is 5.73 Å². The minimum Gasteiger partial charge on any atom is -0.434 e. The van der Waals surface area contributed by atoms with E-state index in [9.17, 15) is 26.7 Å². The van der Waals surface area contributed by atoms with Crippen molar-refractivity contribution in [3.63, 3.8) is 0 Å². The summed E-state index contributed by atoms with van der Waals surface area (Å²) in [6.45, 7) is -2.03. The fraction of sp³-hybridized carbons (Fsp3) is 0.364. The van der Waals surface area contributed by atoms with Gasteiger partial charge in [0.25, 0.3) is 5.91 Å². The van der Waals surface area contributed by atoms with Gasteiger partial charge < -0.3 is 10.5 Å². The highest BCUT2D eigenvalue weighted by molar-refractivity contribution is 5.96. The quantitative estimate of drug-likeness (QED) is 0.864. The van der Waals surface area contributed by atoms with Crippen LogP contribution < -0.4 is 10.5 Å². The maximum Gasteiger partial charge on any atom is 0.416 e. The predicted octanol–water partition coefficient (Wildman–Crippen LogP) is 2.97. The molecule has 1 rings (SSSR count). The maximum atomic E-state index is 12.7. The summed E-state index contributed by atoms with van der Waals surface area (Å²) < 4.78 is 66.7. The molecule has 0 aliphatic carbocycles. The highest BCUT2D eigenvalue weighted by atomic mass is 19.4. The van der Waals surface area contributed by atoms with E-state index < -0.39 is 41.1 Å². The van der Waals surface area contributed by atoms with Crippen LogP contribution in [-0.4, -0.2) is 12.5 Å². The smallest absolute Gasteiger partial charge is 0.416 e. The van der Waals surface area contributed by atoms with Gasteiger partial charge in [-0.25, -0.2) is 0 Å². The van der Waals surface area contributed by atoms with Crippen molar-refractivity contribution in [3.8, 4) is 5.75 Å². The van der Waals surface area contributed by atoms with Crippen LogP contribution in [0, 0.1) is 0 Å². The number of carbonyl (C=O) groups is 1. The lowest BCUT2D eigenvalue weighted by Crippen LogP contribution is -2.19. The summed E-state index contributed by atoms with van der Waals surface area (Å²) in [6.07, 6.45) is -4.97. The lowest BCUT2D eigenvalue weighted by molar-refractivity contribution is -0.138. The predicted molar refractivity (Wildman–Crippen MR) is 56.0 cm³/mol. The largest absolute Gasteiger partial charge is 0.434 e. The zero-order valence-corrected chi connectivity index (χ0v) is 9.72. The van der Waals surface area contributed by atoms with Crippen molar-refractivity contribution in [1.82, 2.24) is 0 Å². The highest BCUT2D eigenvalue weighted by Gasteiger charge is 2.35. The van der Waals surface area contributed by atoms with Crippen molar-refractivity contribution in [2.24, 2.45) is 5.73 Å². The number of alkyl halides is 5. The van der Waals surface area contributed by atoms with E-state index >= 15 is 0 Å². The molecule has 0 radical (unpaired) electrons. The average molecular weight is 283 g/mol. The Bertz CT molecular complexity index is 485. The Morgan fingerprint density at radius 1 is 1.37 bits per heavy atom. The van der Waals surface area contributed by atoms with Crippen LogP contribution in [0.4, 0.5) is 22.0 Å². The van der Waals surface area contributed by atoms with Gasteiger partial charge in [-0.1, -0.05) is 6.92 Å². The van der Waals surface area contributed by atoms with Gasteiger partial charge >= 0.3 is 12.8 Å². The normalized spacial score (nSPS) is 11.7. The van der Waals surface area contributed by atoms with Crippen LogP contribution in [0.25, 0.3) is 0 Å². The van der Waals surface area contributed by atoms with E-state index in [1.807, 2.05) is 0 Å². The summed E-state index contributed by atoms with van der Waals surface area (Å²) in [4.78, 5) is 11.0. The van der Waals surface area contributed by atoms with Gasteiger partial charge in [-0.15, -0.1) is 0 Å². The number of primary amides is 1. The molecule has 0 saturated carbocycles. The molecule has 0 heterocycles. The van der Waals surface area contributed by atoms with Crippen LogP contribution in [0.3, 0.4) is 0 Å². The molecular formula is C11H10F5NO2. The molecule has 1 aromatic carbocycles. The van der Waals surface area contributed by atoms with Crippen molar-refractivity contribution < 1.29 is 31.5 Å². The molecule has 0 aromatic heterocycles. The van der Waals surface area contributed by atoms with Gasteiger partial charge in [0.2, 0.25) is 0 Å². The monoisotopic (exact) mass is 283 g/mol. The number of rotatable bonds is 4. The van der Waals surface area contributed by atoms with E-state index in [-0.39, 0.29) is 6.42 Å². The third-order valence-corrected chi connectivity index (χ3v) is 2.39. The fourth-order valence-electron chi connectivity index (χ4n) is 1.66. The first kappa shape index (κ1) is 15.2. The molecule has 106 valence electrons. The van der Waals surface area contributed by atoms with Crippen LogP contribution in [0.5, 0.6) is 5.75 Å². The van der Waals surface area contributed by atoms with E-state index in [1.54, 1.807) is 0 Å². The summed E-state index contributed by atoms with van der Waals surface area (Å²) in [5, 5.41) is 0. The minimum atomic E-state index is -4.73. The molecule has 0 aliphatic heterocycles. The number of hydrogen-bond donors (Lipinski definition) is 1. The van der Waals surface area contributed by atoms with Gasteiger partial charge in [0, 0.05) is 5.56 Å². The van der Waals surface area contributed by atoms with Gasteiger partial charge in [-0.3, -0.25) is 4.79 Å². The summed E-state index contributed by atoms with van der Waals surface area (Å²) in [5.41, 5.74) is 2.77. The fourth-order valence-corrected chi connectivity index (χ4v) is 1.66. The lowest BCUT2D eigenvalue weighted by Gasteiger charge is -2.18. The zero-order valence-electron chi connectivity index (χ0n) is 9.72. The standard InChI is InChI=1S/C11H10F5NO2/c1-2-5-7(11(14,15)16)4-3-6(9(17)18)8(5)19-10(12)13/h3-4,10H,2H2,1H3,(H2,17,18). The first-order valence-corrected chi connectivity index (χ1v) is 5.16. The Hall–Kier alpha value is -1.86. The molecule has 19 heavy (non-hydrogen) atoms. The van der Waals surface area contributed by atoms with Crippen LogP contribution in [0.1, 0.15) is 28.4 Å². The average Bonchev–Trinajstić information content (AvgIpc) is 2.25.